The second-order valence-corrected chi connectivity index (χ2v) is 24.8. The van der Waals surface area contributed by atoms with Crippen LogP contribution in [0.25, 0.3) is 0 Å². The number of carbonyl (C=O) groups is 10. The third-order valence-corrected chi connectivity index (χ3v) is 19.1. The van der Waals surface area contributed by atoms with E-state index in [2.05, 4.69) is 4.90 Å². The first kappa shape index (κ1) is 65.4. The van der Waals surface area contributed by atoms with E-state index in [1.54, 1.807) is 6.92 Å². The highest BCUT2D eigenvalue weighted by Gasteiger charge is 2.56. The average Bonchev–Trinajstić information content (AvgIpc) is 1.44. The molecule has 5 saturated heterocycles. The van der Waals surface area contributed by atoms with Crippen molar-refractivity contribution in [1.29, 1.82) is 0 Å². The molecular weight excluding hydrogens is 1190 g/mol. The van der Waals surface area contributed by atoms with Crippen molar-refractivity contribution in [2.45, 2.75) is 125 Å². The Labute approximate surface area is 516 Å². The predicted molar refractivity (Wildman–Crippen MR) is 305 cm³/mol. The van der Waals surface area contributed by atoms with Crippen LogP contribution in [0.4, 0.5) is 0 Å². The maximum atomic E-state index is 14.3. The Morgan fingerprint density at radius 3 is 2.19 bits per heavy atom. The number of carbonyl (C=O) groups excluding carboxylic acids is 10. The number of phenolic OH excluding ortho intramolecular Hbond substituents is 2. The molecule has 484 valence electrons. The van der Waals surface area contributed by atoms with Gasteiger partial charge in [0, 0.05) is 114 Å². The van der Waals surface area contributed by atoms with Crippen molar-refractivity contribution in [2.75, 3.05) is 106 Å². The van der Waals surface area contributed by atoms with Crippen molar-refractivity contribution >= 4 is 70.5 Å². The molecule has 1 saturated carbocycles. The van der Waals surface area contributed by atoms with E-state index < -0.39 is 144 Å². The molecule has 5 heterocycles. The van der Waals surface area contributed by atoms with Crippen LogP contribution >= 0.6 is 11.8 Å². The summed E-state index contributed by atoms with van der Waals surface area (Å²) in [5.74, 6) is -7.12. The lowest BCUT2D eigenvalue weighted by Gasteiger charge is -2.43. The summed E-state index contributed by atoms with van der Waals surface area (Å²) in [5, 5.41) is 36.5. The van der Waals surface area contributed by atoms with E-state index in [1.807, 2.05) is 0 Å². The first-order valence-electron chi connectivity index (χ1n) is 29.9. The molecule has 0 spiro atoms. The molecule has 89 heavy (non-hydrogen) atoms. The summed E-state index contributed by atoms with van der Waals surface area (Å²) in [6.07, 6.45) is -3.50. The number of nitrogens with zero attached hydrogens (tertiary/aromatic N) is 5. The number of ketones is 3. The Morgan fingerprint density at radius 1 is 0.809 bits per heavy atom. The molecule has 1 unspecified atom stereocenters. The van der Waals surface area contributed by atoms with Crippen molar-refractivity contribution in [1.82, 2.24) is 24.7 Å². The number of hydrogen-bond acceptors (Lipinski definition) is 25. The highest BCUT2D eigenvalue weighted by molar-refractivity contribution is 8.00. The number of likely N-dealkylation sites (tertiary alicyclic amines) is 1. The van der Waals surface area contributed by atoms with E-state index in [9.17, 15) is 63.3 Å². The fraction of sp³-hybridized carbons (Fsp3) is 0.633. The Balaban J connectivity index is 0.656. The van der Waals surface area contributed by atoms with Crippen LogP contribution in [-0.4, -0.2) is 253 Å². The van der Waals surface area contributed by atoms with Crippen LogP contribution in [0.2, 0.25) is 0 Å². The first-order valence-corrected chi connectivity index (χ1v) is 30.9. The number of Topliss-reactive ketones (excluding diaryl/α,β-unsaturated/α-hetero) is 1. The van der Waals surface area contributed by atoms with E-state index in [-0.39, 0.29) is 129 Å². The summed E-state index contributed by atoms with van der Waals surface area (Å²) in [6.45, 7) is 1.93. The fourth-order valence-electron chi connectivity index (χ4n) is 12.9. The number of rotatable bonds is 25. The van der Waals surface area contributed by atoms with Gasteiger partial charge in [0.05, 0.1) is 73.6 Å². The first-order chi connectivity index (χ1) is 42.6. The van der Waals surface area contributed by atoms with Gasteiger partial charge in [-0.3, -0.25) is 53.0 Å². The van der Waals surface area contributed by atoms with Gasteiger partial charge in [-0.2, -0.15) is 0 Å². The highest BCUT2D eigenvalue weighted by Crippen LogP contribution is 2.53. The van der Waals surface area contributed by atoms with Gasteiger partial charge in [0.25, 0.3) is 11.8 Å². The zero-order valence-electron chi connectivity index (χ0n) is 50.2. The summed E-state index contributed by atoms with van der Waals surface area (Å²) >= 11 is 1.32. The molecule has 5 aliphatic heterocycles. The van der Waals surface area contributed by atoms with Crippen molar-refractivity contribution in [3.8, 4) is 17.2 Å². The van der Waals surface area contributed by atoms with Gasteiger partial charge in [-0.15, -0.1) is 16.8 Å². The standard InChI is InChI=1S/C60H75N5O23S/c1-31-55-36(63-17-18-84-59(80-5)57(63)87-55)23-46(85-31)86-38-26-60(78,25-35-48(38)54(75)50-49(52(35)73)51(72)34-7-6-8-37(79-4)47(34)53(50)74)40(66)28-83-30-45(71)62(3)16-15-61(2)44(70)29-82-20-19-81-21-22-89-39-24-43(69)64(56(39)76)27-32-9-11-33(12-10-32)58(77)88-65-41(67)13-14-42(65)68/h6-8,31-33,36,38-39,46,55,57,59,73,75,78H,9-30H2,1-5H3/t31-,32?,33?,36-,38-,39?,46-,55+,57+,59-,60-/m0/s1. The zero-order chi connectivity index (χ0) is 63.6. The lowest BCUT2D eigenvalue weighted by molar-refractivity contribution is -0.256. The summed E-state index contributed by atoms with van der Waals surface area (Å²) in [6, 6.07) is 4.10. The average molecular weight is 1270 g/mol. The number of imide groups is 2. The molecular formula is C60H75N5O23S. The van der Waals surface area contributed by atoms with Gasteiger partial charge in [0.15, 0.2) is 30.4 Å². The number of thioether (sulfide) groups is 1. The molecule has 2 aromatic carbocycles. The fourth-order valence-corrected chi connectivity index (χ4v) is 14.0. The van der Waals surface area contributed by atoms with Crippen LogP contribution in [0.15, 0.2) is 18.2 Å². The second-order valence-electron chi connectivity index (χ2n) is 23.5. The number of methoxy groups -OCH3 is 2. The number of likely N-dealkylation sites (N-methyl/N-ethyl adjacent to an activating group) is 2. The molecule has 6 amide bonds. The van der Waals surface area contributed by atoms with E-state index >= 15 is 0 Å². The molecule has 6 fully saturated rings. The maximum absolute atomic E-state index is 14.3. The van der Waals surface area contributed by atoms with Crippen LogP contribution in [0, 0.1) is 11.8 Å². The maximum Gasteiger partial charge on any atom is 0.336 e. The third kappa shape index (κ3) is 13.6. The zero-order valence-corrected chi connectivity index (χ0v) is 51.0. The molecule has 0 radical (unpaired) electrons. The Kier molecular flexibility index (Phi) is 20.5. The van der Waals surface area contributed by atoms with Gasteiger partial charge in [-0.25, -0.2) is 4.79 Å². The molecule has 0 aromatic heterocycles. The number of benzene rings is 2. The highest BCUT2D eigenvalue weighted by atomic mass is 32.2. The summed E-state index contributed by atoms with van der Waals surface area (Å²) in [4.78, 5) is 142. The Bertz CT molecular complexity index is 3100. The van der Waals surface area contributed by atoms with Crippen molar-refractivity contribution in [3.63, 3.8) is 0 Å². The number of amides is 6. The molecule has 3 N–H and O–H groups in total. The number of aliphatic hydroxyl groups is 1. The number of aromatic hydroxyl groups is 2. The van der Waals surface area contributed by atoms with E-state index in [0.717, 1.165) is 0 Å². The van der Waals surface area contributed by atoms with Gasteiger partial charge in [0.2, 0.25) is 29.4 Å². The number of fused-ring (bicyclic) bond motifs is 6. The number of phenols is 2. The van der Waals surface area contributed by atoms with E-state index in [1.165, 1.54) is 73.0 Å². The molecule has 8 aliphatic rings. The monoisotopic (exact) mass is 1270 g/mol. The minimum absolute atomic E-state index is 0.00764. The van der Waals surface area contributed by atoms with Gasteiger partial charge in [0.1, 0.15) is 48.8 Å². The normalized spacial score (nSPS) is 28.3. The van der Waals surface area contributed by atoms with Crippen molar-refractivity contribution in [2.24, 2.45) is 11.8 Å². The molecule has 9 atom stereocenters. The topological polar surface area (TPSA) is 340 Å². The number of morpholine rings is 1. The quantitative estimate of drug-likeness (QED) is 0.0604. The molecule has 28 nitrogen and oxygen atoms in total. The second kappa shape index (κ2) is 27.9. The molecule has 3 aliphatic carbocycles. The van der Waals surface area contributed by atoms with Gasteiger partial charge in [-0.05, 0) is 44.6 Å². The lowest BCUT2D eigenvalue weighted by atomic mass is 9.72. The number of hydroxylamine groups is 2. The predicted octanol–water partition coefficient (Wildman–Crippen LogP) is 0.960. The summed E-state index contributed by atoms with van der Waals surface area (Å²) in [5.41, 5.74) is -3.97. The van der Waals surface area contributed by atoms with Gasteiger partial charge in [-0.1, -0.05) is 12.1 Å². The van der Waals surface area contributed by atoms with E-state index in [4.69, 9.17) is 47.5 Å². The van der Waals surface area contributed by atoms with Gasteiger partial charge >= 0.3 is 5.97 Å². The smallest absolute Gasteiger partial charge is 0.336 e. The lowest BCUT2D eigenvalue weighted by Crippen LogP contribution is -2.55. The minimum atomic E-state index is -2.38. The third-order valence-electron chi connectivity index (χ3n) is 17.9. The molecule has 2 aromatic rings. The van der Waals surface area contributed by atoms with Crippen LogP contribution in [0.3, 0.4) is 0 Å². The van der Waals surface area contributed by atoms with Crippen molar-refractivity contribution in [3.05, 3.63) is 51.6 Å². The van der Waals surface area contributed by atoms with Crippen molar-refractivity contribution < 1.29 is 111 Å². The van der Waals surface area contributed by atoms with Crippen LogP contribution in [-0.2, 0) is 87.5 Å². The Hall–Kier alpha value is -6.51. The van der Waals surface area contributed by atoms with E-state index in [0.29, 0.717) is 49.7 Å². The summed E-state index contributed by atoms with van der Waals surface area (Å²) in [7, 11) is 5.85. The minimum Gasteiger partial charge on any atom is -0.507 e. The number of ether oxygens (including phenoxy) is 9. The molecule has 10 rings (SSSR count). The molecule has 0 bridgehead atoms. The van der Waals surface area contributed by atoms with Crippen LogP contribution in [0.1, 0.15) is 114 Å². The molecule has 29 heteroatoms. The van der Waals surface area contributed by atoms with Crippen LogP contribution in [0.5, 0.6) is 17.2 Å². The largest absolute Gasteiger partial charge is 0.507 e. The Morgan fingerprint density at radius 2 is 1.49 bits per heavy atom. The van der Waals surface area contributed by atoms with Crippen LogP contribution < -0.4 is 4.74 Å². The van der Waals surface area contributed by atoms with Gasteiger partial charge < -0.3 is 72.6 Å². The SMILES string of the molecule is COc1cccc2c1C(=O)c1c(O)c3c(c(O)c1C2=O)C[C@@](O)(C(=O)COCC(=O)N(C)CCN(C)C(=O)COCCOCCSC1CC(=O)N(CC2CCC(C(=O)ON4C(=O)CCC4=O)CC2)C1=O)C[C@@H]3O[C@H]1C[C@H]2[C@H](O[C@@H]3[C@@H](OC)OCCN32)[C@H](C)O1. The number of hydrogen-bond donors (Lipinski definition) is 3. The summed E-state index contributed by atoms with van der Waals surface area (Å²) < 4.78 is 52.7.